The lowest BCUT2D eigenvalue weighted by atomic mass is 9.97. The molecule has 2 heterocycles. The average Bonchev–Trinajstić information content (AvgIpc) is 2.98. The number of benzene rings is 1. The topological polar surface area (TPSA) is 52.0 Å². The molecule has 1 aliphatic rings. The van der Waals surface area contributed by atoms with Crippen molar-refractivity contribution in [3.63, 3.8) is 0 Å². The smallest absolute Gasteiger partial charge is 0.262 e. The van der Waals surface area contributed by atoms with Crippen LogP contribution in [0.5, 0.6) is 0 Å². The lowest BCUT2D eigenvalue weighted by molar-refractivity contribution is 0.0970. The minimum Gasteiger partial charge on any atom is -0.292 e. The van der Waals surface area contributed by atoms with E-state index in [1.54, 1.807) is 11.3 Å². The van der Waals surface area contributed by atoms with Crippen molar-refractivity contribution in [1.29, 1.82) is 0 Å². The van der Waals surface area contributed by atoms with Gasteiger partial charge in [0.05, 0.1) is 18.3 Å². The van der Waals surface area contributed by atoms with Crippen LogP contribution in [0.25, 0.3) is 10.2 Å². The number of hydrogen-bond acceptors (Lipinski definition) is 4. The van der Waals surface area contributed by atoms with Crippen LogP contribution in [-0.2, 0) is 19.4 Å². The Morgan fingerprint density at radius 1 is 1.24 bits per heavy atom. The summed E-state index contributed by atoms with van der Waals surface area (Å²) in [4.78, 5) is 32.2. The van der Waals surface area contributed by atoms with Crippen LogP contribution in [0.3, 0.4) is 0 Å². The molecule has 4 nitrogen and oxygen atoms in total. The Morgan fingerprint density at radius 3 is 2.88 bits per heavy atom. The molecule has 3 aromatic rings. The maximum atomic E-state index is 13.0. The summed E-state index contributed by atoms with van der Waals surface area (Å²) in [5.41, 5.74) is 3.74. The molecule has 0 amide bonds. The summed E-state index contributed by atoms with van der Waals surface area (Å²) in [5.74, 6) is -0.0476. The fraction of sp³-hybridized carbons (Fsp3) is 0.350. The molecule has 0 saturated carbocycles. The molecular weight excluding hydrogens is 332 g/mol. The summed E-state index contributed by atoms with van der Waals surface area (Å²) in [7, 11) is 0. The molecule has 0 aliphatic heterocycles. The van der Waals surface area contributed by atoms with Gasteiger partial charge in [0.25, 0.3) is 5.56 Å². The second kappa shape index (κ2) is 6.23. The minimum atomic E-state index is -0.0805. The molecule has 0 fully saturated rings. The van der Waals surface area contributed by atoms with Gasteiger partial charge in [-0.1, -0.05) is 17.7 Å². The van der Waals surface area contributed by atoms with E-state index in [1.165, 1.54) is 22.2 Å². The first-order valence-corrected chi connectivity index (χ1v) is 9.46. The Hall–Kier alpha value is -2.27. The van der Waals surface area contributed by atoms with Crippen LogP contribution in [0, 0.1) is 13.8 Å². The molecule has 0 radical (unpaired) electrons. The van der Waals surface area contributed by atoms with E-state index in [0.717, 1.165) is 46.2 Å². The molecule has 1 aliphatic carbocycles. The van der Waals surface area contributed by atoms with Crippen molar-refractivity contribution in [2.24, 2.45) is 0 Å². The Bertz CT molecular complexity index is 1050. The number of aromatic nitrogens is 2. The van der Waals surface area contributed by atoms with Crippen molar-refractivity contribution < 1.29 is 4.79 Å². The minimum absolute atomic E-state index is 0.0384. The maximum absolute atomic E-state index is 13.0. The van der Waals surface area contributed by atoms with E-state index < -0.39 is 0 Å². The second-order valence-electron chi connectivity index (χ2n) is 6.81. The molecule has 0 spiro atoms. The largest absolute Gasteiger partial charge is 0.292 e. The molecule has 0 N–H and O–H groups in total. The standard InChI is InChI=1S/C20H20N2O2S/c1-12-7-8-13(2)15(9-12)16(23)10-22-11-21-19-18(20(22)24)14-5-3-4-6-17(14)25-19/h7-9,11H,3-6,10H2,1-2H3. The van der Waals surface area contributed by atoms with Crippen LogP contribution in [0.2, 0.25) is 0 Å². The van der Waals surface area contributed by atoms with Crippen molar-refractivity contribution in [3.8, 4) is 0 Å². The summed E-state index contributed by atoms with van der Waals surface area (Å²) in [6.45, 7) is 3.93. The average molecular weight is 352 g/mol. The third kappa shape index (κ3) is 2.82. The Labute approximate surface area is 150 Å². The van der Waals surface area contributed by atoms with Gasteiger partial charge in [-0.2, -0.15) is 0 Å². The predicted octanol–water partition coefficient (Wildman–Crippen LogP) is 3.84. The highest BCUT2D eigenvalue weighted by Gasteiger charge is 2.21. The quantitative estimate of drug-likeness (QED) is 0.673. The first kappa shape index (κ1) is 16.2. The number of ketones is 1. The SMILES string of the molecule is Cc1ccc(C)c(C(=O)Cn2cnc3sc4c(c3c2=O)CCCC4)c1. The first-order valence-electron chi connectivity index (χ1n) is 8.65. The number of nitrogens with zero attached hydrogens (tertiary/aromatic N) is 2. The van der Waals surface area contributed by atoms with Gasteiger partial charge < -0.3 is 0 Å². The second-order valence-corrected chi connectivity index (χ2v) is 7.89. The third-order valence-corrected chi connectivity index (χ3v) is 6.15. The van der Waals surface area contributed by atoms with Crippen LogP contribution < -0.4 is 5.56 Å². The normalized spacial score (nSPS) is 13.8. The Morgan fingerprint density at radius 2 is 2.04 bits per heavy atom. The van der Waals surface area contributed by atoms with E-state index >= 15 is 0 Å². The number of fused-ring (bicyclic) bond motifs is 3. The molecule has 0 unspecified atom stereocenters. The maximum Gasteiger partial charge on any atom is 0.262 e. The van der Waals surface area contributed by atoms with Crippen LogP contribution in [0.1, 0.15) is 44.8 Å². The fourth-order valence-electron chi connectivity index (χ4n) is 3.57. The predicted molar refractivity (Wildman–Crippen MR) is 101 cm³/mol. The van der Waals surface area contributed by atoms with Gasteiger partial charge in [-0.05, 0) is 56.7 Å². The summed E-state index contributed by atoms with van der Waals surface area (Å²) >= 11 is 1.63. The van der Waals surface area contributed by atoms with Gasteiger partial charge in [0.2, 0.25) is 0 Å². The summed E-state index contributed by atoms with van der Waals surface area (Å²) in [6, 6.07) is 5.83. The lowest BCUT2D eigenvalue weighted by Crippen LogP contribution is -2.25. The number of aryl methyl sites for hydroxylation is 4. The number of Topliss-reactive ketones (excluding diaryl/α,β-unsaturated/α-hetero) is 1. The Kier molecular flexibility index (Phi) is 4.04. The molecule has 128 valence electrons. The summed E-state index contributed by atoms with van der Waals surface area (Å²) in [6.07, 6.45) is 5.81. The molecule has 4 rings (SSSR count). The van der Waals surface area contributed by atoms with E-state index in [0.29, 0.717) is 5.56 Å². The number of rotatable bonds is 3. The highest BCUT2D eigenvalue weighted by molar-refractivity contribution is 7.18. The zero-order chi connectivity index (χ0) is 17.6. The van der Waals surface area contributed by atoms with Gasteiger partial charge in [0.15, 0.2) is 5.78 Å². The molecule has 2 aromatic heterocycles. The molecule has 0 bridgehead atoms. The Balaban J connectivity index is 1.75. The first-order chi connectivity index (χ1) is 12.0. The van der Waals surface area contributed by atoms with Gasteiger partial charge in [-0.25, -0.2) is 4.98 Å². The van der Waals surface area contributed by atoms with E-state index in [2.05, 4.69) is 4.98 Å². The number of carbonyl (C=O) groups excluding carboxylic acids is 1. The van der Waals surface area contributed by atoms with Gasteiger partial charge in [0.1, 0.15) is 4.83 Å². The van der Waals surface area contributed by atoms with E-state index in [-0.39, 0.29) is 17.9 Å². The van der Waals surface area contributed by atoms with E-state index in [1.807, 2.05) is 32.0 Å². The van der Waals surface area contributed by atoms with Gasteiger partial charge in [-0.3, -0.25) is 14.2 Å². The summed E-state index contributed by atoms with van der Waals surface area (Å²) < 4.78 is 1.47. The third-order valence-electron chi connectivity index (χ3n) is 4.95. The monoisotopic (exact) mass is 352 g/mol. The highest BCUT2D eigenvalue weighted by Crippen LogP contribution is 2.33. The zero-order valence-electron chi connectivity index (χ0n) is 14.5. The van der Waals surface area contributed by atoms with Gasteiger partial charge in [-0.15, -0.1) is 11.3 Å². The molecule has 5 heteroatoms. The number of thiophene rings is 1. The molecule has 25 heavy (non-hydrogen) atoms. The molecular formula is C20H20N2O2S. The van der Waals surface area contributed by atoms with Crippen molar-refractivity contribution in [3.05, 3.63) is 62.0 Å². The molecule has 0 saturated heterocycles. The van der Waals surface area contributed by atoms with Crippen LogP contribution in [0.4, 0.5) is 0 Å². The van der Waals surface area contributed by atoms with Crippen molar-refractivity contribution in [2.75, 3.05) is 0 Å². The molecule has 1 aromatic carbocycles. The number of carbonyl (C=O) groups is 1. The lowest BCUT2D eigenvalue weighted by Gasteiger charge is -2.11. The summed E-state index contributed by atoms with van der Waals surface area (Å²) in [5, 5.41) is 0.732. The number of hydrogen-bond donors (Lipinski definition) is 0. The van der Waals surface area contributed by atoms with E-state index in [4.69, 9.17) is 0 Å². The zero-order valence-corrected chi connectivity index (χ0v) is 15.3. The van der Waals surface area contributed by atoms with Crippen molar-refractivity contribution in [2.45, 2.75) is 46.1 Å². The van der Waals surface area contributed by atoms with Crippen LogP contribution in [0.15, 0.2) is 29.3 Å². The van der Waals surface area contributed by atoms with Gasteiger partial charge >= 0.3 is 0 Å². The highest BCUT2D eigenvalue weighted by atomic mass is 32.1. The van der Waals surface area contributed by atoms with Crippen molar-refractivity contribution in [1.82, 2.24) is 9.55 Å². The van der Waals surface area contributed by atoms with Crippen LogP contribution >= 0.6 is 11.3 Å². The van der Waals surface area contributed by atoms with Crippen molar-refractivity contribution >= 4 is 27.3 Å². The van der Waals surface area contributed by atoms with Gasteiger partial charge in [0, 0.05) is 10.4 Å². The van der Waals surface area contributed by atoms with Crippen LogP contribution in [-0.4, -0.2) is 15.3 Å². The molecule has 0 atom stereocenters. The fourth-order valence-corrected chi connectivity index (χ4v) is 4.79. The van der Waals surface area contributed by atoms with E-state index in [9.17, 15) is 9.59 Å².